The van der Waals surface area contributed by atoms with E-state index in [1.807, 2.05) is 24.3 Å². The number of hydrogen-bond donors (Lipinski definition) is 2. The largest absolute Gasteiger partial charge is 0.412 e. The van der Waals surface area contributed by atoms with Gasteiger partial charge in [-0.3, -0.25) is 19.4 Å². The number of likely N-dealkylation sites (N-methyl/N-ethyl adjacent to an activating group) is 2. The van der Waals surface area contributed by atoms with Gasteiger partial charge in [-0.1, -0.05) is 83.1 Å². The van der Waals surface area contributed by atoms with Crippen LogP contribution in [0.2, 0.25) is 10.0 Å². The average Bonchev–Trinajstić information content (AvgIpc) is 3.41. The highest BCUT2D eigenvalue weighted by Gasteiger charge is 2.27. The Labute approximate surface area is 392 Å². The van der Waals surface area contributed by atoms with Crippen molar-refractivity contribution in [3.63, 3.8) is 0 Å². The highest BCUT2D eigenvalue weighted by molar-refractivity contribution is 7.99. The van der Waals surface area contributed by atoms with E-state index in [-0.39, 0.29) is 79.0 Å². The standard InChI is InChI=1S/2C21H24ClN3OS.4ClH.H2O/c2*1-24-8-10-25(11-9-24)14-21(26)23-18-12-15-4-2-3-5-19(15)27-20-7-6-16(22)13-17(18)20;;;;;/h2*2-7,13,18H,8-12,14H2,1H3,(H,23,26);4*1H;1H2. The molecule has 324 valence electrons. The molecule has 4 aliphatic heterocycles. The summed E-state index contributed by atoms with van der Waals surface area (Å²) in [4.78, 5) is 39.4. The summed E-state index contributed by atoms with van der Waals surface area (Å²) in [6, 6.07) is 28.7. The first kappa shape index (κ1) is 53.2. The summed E-state index contributed by atoms with van der Waals surface area (Å²) in [6.45, 7) is 8.72. The van der Waals surface area contributed by atoms with Crippen molar-refractivity contribution in [3.05, 3.63) is 117 Å². The zero-order valence-corrected chi connectivity index (χ0v) is 39.4. The Morgan fingerprint density at radius 1 is 0.559 bits per heavy atom. The number of piperazine rings is 2. The van der Waals surface area contributed by atoms with E-state index < -0.39 is 0 Å². The van der Waals surface area contributed by atoms with Crippen molar-refractivity contribution in [3.8, 4) is 0 Å². The SMILES string of the molecule is CN1CCN(CC(=O)NC2Cc3ccccc3Sc3ccc(Cl)cc32)CC1.CN1CCN(CC(=O)NC2Cc3ccccc3Sc3ccc(Cl)cc32)CC1.Cl.Cl.Cl.Cl.O. The summed E-state index contributed by atoms with van der Waals surface area (Å²) in [5.41, 5.74) is 4.74. The third-order valence-electron chi connectivity index (χ3n) is 10.5. The van der Waals surface area contributed by atoms with Crippen molar-refractivity contribution in [2.45, 2.75) is 44.5 Å². The number of nitrogens with one attached hydrogen (secondary N) is 2. The number of nitrogens with zero attached hydrogens (tertiary/aromatic N) is 4. The molecule has 2 saturated heterocycles. The monoisotopic (exact) mass is 964 g/mol. The third kappa shape index (κ3) is 14.6. The quantitative estimate of drug-likeness (QED) is 0.202. The van der Waals surface area contributed by atoms with E-state index in [2.05, 4.69) is 105 Å². The molecule has 2 amide bonds. The van der Waals surface area contributed by atoms with E-state index in [1.54, 1.807) is 23.5 Å². The first-order chi connectivity index (χ1) is 26.2. The smallest absolute Gasteiger partial charge is 0.234 e. The van der Waals surface area contributed by atoms with Gasteiger partial charge in [-0.2, -0.15) is 0 Å². The van der Waals surface area contributed by atoms with Gasteiger partial charge in [-0.05, 0) is 97.7 Å². The Bertz CT molecular complexity index is 1830. The van der Waals surface area contributed by atoms with Crippen molar-refractivity contribution >= 4 is 108 Å². The zero-order chi connectivity index (χ0) is 37.6. The van der Waals surface area contributed by atoms with Crippen LogP contribution < -0.4 is 10.6 Å². The molecule has 0 saturated carbocycles. The lowest BCUT2D eigenvalue weighted by Crippen LogP contribution is -2.48. The number of hydrogen-bond acceptors (Lipinski definition) is 8. The van der Waals surface area contributed by atoms with Crippen LogP contribution in [0.15, 0.2) is 105 Å². The number of rotatable bonds is 6. The second kappa shape index (κ2) is 25.2. The molecule has 4 heterocycles. The van der Waals surface area contributed by atoms with E-state index in [0.29, 0.717) is 23.1 Å². The first-order valence-corrected chi connectivity index (χ1v) is 21.1. The molecule has 59 heavy (non-hydrogen) atoms. The molecule has 2 atom stereocenters. The average molecular weight is 968 g/mol. The molecular formula is C42H54Cl6N6O3S2. The van der Waals surface area contributed by atoms with Crippen LogP contribution in [0.3, 0.4) is 0 Å². The predicted molar refractivity (Wildman–Crippen MR) is 254 cm³/mol. The minimum absolute atomic E-state index is 0. The van der Waals surface area contributed by atoms with Gasteiger partial charge in [0.1, 0.15) is 0 Å². The summed E-state index contributed by atoms with van der Waals surface area (Å²) in [5.74, 6) is 0.166. The van der Waals surface area contributed by atoms with Crippen molar-refractivity contribution < 1.29 is 15.1 Å². The van der Waals surface area contributed by atoms with E-state index in [0.717, 1.165) is 86.1 Å². The van der Waals surface area contributed by atoms with E-state index in [1.165, 1.54) is 20.9 Å². The molecule has 0 aromatic heterocycles. The van der Waals surface area contributed by atoms with Crippen LogP contribution in [-0.4, -0.2) is 116 Å². The van der Waals surface area contributed by atoms with Crippen molar-refractivity contribution in [1.29, 1.82) is 0 Å². The normalized spacial score (nSPS) is 18.7. The van der Waals surface area contributed by atoms with Gasteiger partial charge in [-0.15, -0.1) is 49.6 Å². The van der Waals surface area contributed by atoms with Crippen molar-refractivity contribution in [1.82, 2.24) is 30.2 Å². The molecule has 8 rings (SSSR count). The lowest BCUT2D eigenvalue weighted by Gasteiger charge is -2.32. The van der Waals surface area contributed by atoms with Gasteiger partial charge in [0.05, 0.1) is 25.2 Å². The Hall–Kier alpha value is -1.94. The van der Waals surface area contributed by atoms with Crippen LogP contribution in [0.25, 0.3) is 0 Å². The topological polar surface area (TPSA) is 103 Å². The molecule has 17 heteroatoms. The number of amides is 2. The third-order valence-corrected chi connectivity index (χ3v) is 13.4. The molecule has 0 bridgehead atoms. The summed E-state index contributed by atoms with van der Waals surface area (Å²) < 4.78 is 0. The maximum Gasteiger partial charge on any atom is 0.234 e. The Morgan fingerprint density at radius 2 is 0.915 bits per heavy atom. The molecule has 0 radical (unpaired) electrons. The van der Waals surface area contributed by atoms with Gasteiger partial charge < -0.3 is 25.9 Å². The fraction of sp³-hybridized carbons (Fsp3) is 0.381. The Morgan fingerprint density at radius 3 is 1.29 bits per heavy atom. The molecule has 0 spiro atoms. The lowest BCUT2D eigenvalue weighted by molar-refractivity contribution is -0.124. The Balaban J connectivity index is 0.000000375. The molecule has 2 unspecified atom stereocenters. The summed E-state index contributed by atoms with van der Waals surface area (Å²) in [5, 5.41) is 7.97. The first-order valence-electron chi connectivity index (χ1n) is 18.7. The predicted octanol–water partition coefficient (Wildman–Crippen LogP) is 7.77. The summed E-state index contributed by atoms with van der Waals surface area (Å²) >= 11 is 16.1. The molecule has 0 aliphatic carbocycles. The second-order valence-corrected chi connectivity index (χ2v) is 17.6. The van der Waals surface area contributed by atoms with Crippen LogP contribution in [0.5, 0.6) is 0 Å². The molecule has 9 nitrogen and oxygen atoms in total. The fourth-order valence-electron chi connectivity index (χ4n) is 7.37. The molecular weight excluding hydrogens is 913 g/mol. The number of carbonyl (C=O) groups is 2. The van der Waals surface area contributed by atoms with Gasteiger partial charge in [0, 0.05) is 82.0 Å². The summed E-state index contributed by atoms with van der Waals surface area (Å²) in [6.07, 6.45) is 1.57. The van der Waals surface area contributed by atoms with Crippen molar-refractivity contribution in [2.75, 3.05) is 79.5 Å². The van der Waals surface area contributed by atoms with E-state index >= 15 is 0 Å². The molecule has 4 aliphatic rings. The van der Waals surface area contributed by atoms with Crippen LogP contribution in [0.1, 0.15) is 34.3 Å². The van der Waals surface area contributed by atoms with Crippen LogP contribution in [0, 0.1) is 0 Å². The number of halogens is 6. The second-order valence-electron chi connectivity index (χ2n) is 14.6. The lowest BCUT2D eigenvalue weighted by atomic mass is 9.99. The molecule has 4 aromatic rings. The van der Waals surface area contributed by atoms with Gasteiger partial charge in [0.15, 0.2) is 0 Å². The van der Waals surface area contributed by atoms with Crippen LogP contribution >= 0.6 is 96.4 Å². The fourth-order valence-corrected chi connectivity index (χ4v) is 9.97. The minimum atomic E-state index is -0.0604. The van der Waals surface area contributed by atoms with Gasteiger partial charge in [-0.25, -0.2) is 0 Å². The van der Waals surface area contributed by atoms with Gasteiger partial charge in [0.2, 0.25) is 11.8 Å². The molecule has 4 aromatic carbocycles. The van der Waals surface area contributed by atoms with Gasteiger partial charge in [0.25, 0.3) is 0 Å². The maximum absolute atomic E-state index is 12.8. The van der Waals surface area contributed by atoms with E-state index in [4.69, 9.17) is 23.2 Å². The summed E-state index contributed by atoms with van der Waals surface area (Å²) in [7, 11) is 4.25. The highest BCUT2D eigenvalue weighted by Crippen LogP contribution is 2.43. The van der Waals surface area contributed by atoms with Gasteiger partial charge >= 0.3 is 0 Å². The Kier molecular flexibility index (Phi) is 22.8. The number of carbonyl (C=O) groups excluding carboxylic acids is 2. The highest BCUT2D eigenvalue weighted by atomic mass is 35.5. The number of benzene rings is 4. The maximum atomic E-state index is 12.8. The minimum Gasteiger partial charge on any atom is -0.412 e. The van der Waals surface area contributed by atoms with Crippen molar-refractivity contribution in [2.24, 2.45) is 0 Å². The van der Waals surface area contributed by atoms with E-state index in [9.17, 15) is 9.59 Å². The molecule has 4 N–H and O–H groups in total. The van der Waals surface area contributed by atoms with Crippen LogP contribution in [0.4, 0.5) is 0 Å². The molecule has 2 fully saturated rings. The van der Waals surface area contributed by atoms with Crippen LogP contribution in [-0.2, 0) is 22.4 Å². The zero-order valence-electron chi connectivity index (χ0n) is 33.0. The number of fused-ring (bicyclic) bond motifs is 4.